The summed E-state index contributed by atoms with van der Waals surface area (Å²) < 4.78 is 5.94. The second-order valence-electron chi connectivity index (χ2n) is 3.08. The van der Waals surface area contributed by atoms with Crippen LogP contribution in [0.15, 0.2) is 33.4 Å². The minimum Gasteiger partial charge on any atom is -0.432 e. The summed E-state index contributed by atoms with van der Waals surface area (Å²) in [4.78, 5) is 4.04. The van der Waals surface area contributed by atoms with Crippen molar-refractivity contribution in [1.82, 2.24) is 4.98 Å². The molecule has 0 bridgehead atoms. The molecule has 0 aliphatic heterocycles. The van der Waals surface area contributed by atoms with Crippen molar-refractivity contribution in [2.75, 3.05) is 5.73 Å². The summed E-state index contributed by atoms with van der Waals surface area (Å²) in [5, 5.41) is 0. The molecular formula is C10H10BrN3O. The molecule has 0 unspecified atom stereocenters. The predicted octanol–water partition coefficient (Wildman–Crippen LogP) is 2.15. The number of aromatic nitrogens is 1. The van der Waals surface area contributed by atoms with Gasteiger partial charge < -0.3 is 15.9 Å². The minimum atomic E-state index is 0.169. The molecule has 2 rings (SSSR count). The summed E-state index contributed by atoms with van der Waals surface area (Å²) in [5.74, 6) is 0. The van der Waals surface area contributed by atoms with Gasteiger partial charge in [0.2, 0.25) is 0 Å². The molecule has 1 aromatic carbocycles. The van der Waals surface area contributed by atoms with Gasteiger partial charge in [-0.1, -0.05) is 22.0 Å². The molecule has 0 aliphatic carbocycles. The van der Waals surface area contributed by atoms with Gasteiger partial charge in [0.1, 0.15) is 12.0 Å². The van der Waals surface area contributed by atoms with E-state index < -0.39 is 0 Å². The van der Waals surface area contributed by atoms with Crippen molar-refractivity contribution in [3.05, 3.63) is 34.5 Å². The maximum Gasteiger partial charge on any atom is 0.292 e. The highest BCUT2D eigenvalue weighted by molar-refractivity contribution is 9.10. The van der Waals surface area contributed by atoms with Crippen LogP contribution in [-0.4, -0.2) is 4.98 Å². The maximum atomic E-state index is 5.60. The smallest absolute Gasteiger partial charge is 0.292 e. The van der Waals surface area contributed by atoms with Gasteiger partial charge >= 0.3 is 0 Å². The van der Waals surface area contributed by atoms with Crippen molar-refractivity contribution in [2.24, 2.45) is 5.73 Å². The van der Waals surface area contributed by atoms with Crippen molar-refractivity contribution in [3.63, 3.8) is 0 Å². The molecule has 15 heavy (non-hydrogen) atoms. The van der Waals surface area contributed by atoms with Crippen molar-refractivity contribution in [3.8, 4) is 11.3 Å². The van der Waals surface area contributed by atoms with Gasteiger partial charge in [-0.3, -0.25) is 0 Å². The molecule has 0 spiro atoms. The lowest BCUT2D eigenvalue weighted by molar-refractivity contribution is 0.581. The SMILES string of the molecule is NCc1cc(-c2coc(N)n2)ccc1Br. The number of nitrogens with zero attached hydrogens (tertiary/aromatic N) is 1. The van der Waals surface area contributed by atoms with Gasteiger partial charge in [0, 0.05) is 16.6 Å². The van der Waals surface area contributed by atoms with Crippen LogP contribution in [-0.2, 0) is 6.54 Å². The van der Waals surface area contributed by atoms with Crippen LogP contribution in [0.25, 0.3) is 11.3 Å². The second kappa shape index (κ2) is 4.04. The number of anilines is 1. The zero-order valence-electron chi connectivity index (χ0n) is 7.90. The van der Waals surface area contributed by atoms with E-state index in [4.69, 9.17) is 15.9 Å². The topological polar surface area (TPSA) is 78.1 Å². The van der Waals surface area contributed by atoms with Crippen LogP contribution in [0.2, 0.25) is 0 Å². The summed E-state index contributed by atoms with van der Waals surface area (Å²) in [7, 11) is 0. The lowest BCUT2D eigenvalue weighted by Gasteiger charge is -2.03. The lowest BCUT2D eigenvalue weighted by atomic mass is 10.1. The number of nitrogen functional groups attached to an aromatic ring is 1. The van der Waals surface area contributed by atoms with Crippen LogP contribution >= 0.6 is 15.9 Å². The first kappa shape index (κ1) is 10.2. The zero-order chi connectivity index (χ0) is 10.8. The Bertz CT molecular complexity index is 481. The zero-order valence-corrected chi connectivity index (χ0v) is 9.49. The first-order valence-electron chi connectivity index (χ1n) is 4.40. The molecule has 0 atom stereocenters. The van der Waals surface area contributed by atoms with E-state index in [1.807, 2.05) is 18.2 Å². The minimum absolute atomic E-state index is 0.169. The van der Waals surface area contributed by atoms with E-state index in [1.165, 1.54) is 6.26 Å². The Morgan fingerprint density at radius 3 is 2.80 bits per heavy atom. The monoisotopic (exact) mass is 267 g/mol. The molecule has 1 aromatic heterocycles. The summed E-state index contributed by atoms with van der Waals surface area (Å²) in [5.41, 5.74) is 13.7. The van der Waals surface area contributed by atoms with E-state index in [9.17, 15) is 0 Å². The van der Waals surface area contributed by atoms with Crippen molar-refractivity contribution in [2.45, 2.75) is 6.54 Å². The van der Waals surface area contributed by atoms with Crippen LogP contribution < -0.4 is 11.5 Å². The van der Waals surface area contributed by atoms with E-state index in [2.05, 4.69) is 20.9 Å². The van der Waals surface area contributed by atoms with Gasteiger partial charge in [0.25, 0.3) is 6.01 Å². The van der Waals surface area contributed by atoms with E-state index in [1.54, 1.807) is 0 Å². The number of hydrogen-bond donors (Lipinski definition) is 2. The number of nitrogens with two attached hydrogens (primary N) is 2. The number of hydrogen-bond acceptors (Lipinski definition) is 4. The average molecular weight is 268 g/mol. The first-order valence-corrected chi connectivity index (χ1v) is 5.20. The van der Waals surface area contributed by atoms with E-state index in [0.717, 1.165) is 21.3 Å². The third kappa shape index (κ3) is 2.03. The lowest BCUT2D eigenvalue weighted by Crippen LogP contribution is -1.97. The van der Waals surface area contributed by atoms with E-state index in [-0.39, 0.29) is 6.01 Å². The number of rotatable bonds is 2. The molecule has 0 amide bonds. The fraction of sp³-hybridized carbons (Fsp3) is 0.100. The van der Waals surface area contributed by atoms with Gasteiger partial charge in [-0.15, -0.1) is 0 Å². The molecule has 4 nitrogen and oxygen atoms in total. The molecule has 0 fully saturated rings. The Morgan fingerprint density at radius 2 is 2.20 bits per heavy atom. The van der Waals surface area contributed by atoms with Gasteiger partial charge in [-0.25, -0.2) is 0 Å². The second-order valence-corrected chi connectivity index (χ2v) is 3.94. The molecule has 0 saturated heterocycles. The predicted molar refractivity (Wildman–Crippen MR) is 61.9 cm³/mol. The largest absolute Gasteiger partial charge is 0.432 e. The first-order chi connectivity index (χ1) is 7.20. The summed E-state index contributed by atoms with van der Waals surface area (Å²) in [6.45, 7) is 0.474. The Labute approximate surface area is 95.4 Å². The molecule has 0 aliphatic rings. The number of halogens is 1. The Morgan fingerprint density at radius 1 is 1.40 bits per heavy atom. The number of benzene rings is 1. The van der Waals surface area contributed by atoms with Gasteiger partial charge in [0.05, 0.1) is 0 Å². The highest BCUT2D eigenvalue weighted by Gasteiger charge is 2.06. The van der Waals surface area contributed by atoms with Gasteiger partial charge in [0.15, 0.2) is 0 Å². The fourth-order valence-corrected chi connectivity index (χ4v) is 1.72. The van der Waals surface area contributed by atoms with E-state index in [0.29, 0.717) is 6.54 Å². The Hall–Kier alpha value is -1.33. The summed E-state index contributed by atoms with van der Waals surface area (Å²) >= 11 is 3.42. The van der Waals surface area contributed by atoms with Crippen LogP contribution in [0.1, 0.15) is 5.56 Å². The molecule has 5 heteroatoms. The highest BCUT2D eigenvalue weighted by atomic mass is 79.9. The summed E-state index contributed by atoms with van der Waals surface area (Å²) in [6.07, 6.45) is 1.53. The molecule has 78 valence electrons. The normalized spacial score (nSPS) is 10.5. The summed E-state index contributed by atoms with van der Waals surface area (Å²) in [6, 6.07) is 5.99. The van der Waals surface area contributed by atoms with Crippen LogP contribution in [0.3, 0.4) is 0 Å². The van der Waals surface area contributed by atoms with E-state index >= 15 is 0 Å². The molecule has 4 N–H and O–H groups in total. The van der Waals surface area contributed by atoms with Gasteiger partial charge in [-0.05, 0) is 17.7 Å². The Balaban J connectivity index is 2.45. The molecule has 0 saturated carbocycles. The molecule has 2 aromatic rings. The quantitative estimate of drug-likeness (QED) is 0.874. The van der Waals surface area contributed by atoms with Crippen molar-refractivity contribution >= 4 is 21.9 Å². The van der Waals surface area contributed by atoms with Crippen LogP contribution in [0, 0.1) is 0 Å². The standard InChI is InChI=1S/C10H10BrN3O/c11-8-2-1-6(3-7(8)4-12)9-5-15-10(13)14-9/h1-3,5H,4,12H2,(H2,13,14). The average Bonchev–Trinajstić information content (AvgIpc) is 2.66. The molecule has 0 radical (unpaired) electrons. The molecule has 1 heterocycles. The Kier molecular flexibility index (Phi) is 2.75. The third-order valence-corrected chi connectivity index (χ3v) is 2.86. The van der Waals surface area contributed by atoms with Crippen LogP contribution in [0.4, 0.5) is 6.01 Å². The van der Waals surface area contributed by atoms with Crippen molar-refractivity contribution < 1.29 is 4.42 Å². The fourth-order valence-electron chi connectivity index (χ4n) is 1.31. The van der Waals surface area contributed by atoms with Crippen molar-refractivity contribution in [1.29, 1.82) is 0 Å². The number of oxazole rings is 1. The van der Waals surface area contributed by atoms with Crippen LogP contribution in [0.5, 0.6) is 0 Å². The maximum absolute atomic E-state index is 5.60. The highest BCUT2D eigenvalue weighted by Crippen LogP contribution is 2.25. The third-order valence-electron chi connectivity index (χ3n) is 2.08. The van der Waals surface area contributed by atoms with Gasteiger partial charge in [-0.2, -0.15) is 4.98 Å². The molecular weight excluding hydrogens is 258 g/mol.